The lowest BCUT2D eigenvalue weighted by Crippen LogP contribution is -2.33. The number of nitrogen functional groups attached to an aromatic ring is 1. The highest BCUT2D eigenvalue weighted by Crippen LogP contribution is 2.43. The molecule has 2 fully saturated rings. The van der Waals surface area contributed by atoms with Crippen LogP contribution in [0, 0.1) is 0 Å². The van der Waals surface area contributed by atoms with E-state index in [1.165, 1.54) is 6.33 Å². The minimum atomic E-state index is -0.802. The minimum Gasteiger partial charge on any atom is -0.459 e. The first kappa shape index (κ1) is 18.9. The summed E-state index contributed by atoms with van der Waals surface area (Å²) in [6.45, 7) is 3.69. The zero-order valence-corrected chi connectivity index (χ0v) is 16.5. The fraction of sp³-hybridized carbons (Fsp3) is 0.400. The standard InChI is InChI=1S/C20H21N5O5/c1-20(2)29-14-12(8-27-19(26)11-6-4-3-5-7-11)28-18(15(14)30-20)25-10-24-13-16(21)22-9-23-17(13)25/h3-7,9-10,12,14-15,18H,8H2,1-2H3,(H2,21,22,23)/t12-,14-,15-,18-/m1/s1. The number of carbonyl (C=O) groups is 1. The van der Waals surface area contributed by atoms with Gasteiger partial charge in [0, 0.05) is 0 Å². The third-order valence-electron chi connectivity index (χ3n) is 5.17. The number of hydrogen-bond donors (Lipinski definition) is 1. The van der Waals surface area contributed by atoms with Crippen molar-refractivity contribution in [2.75, 3.05) is 12.3 Å². The Morgan fingerprint density at radius 2 is 1.93 bits per heavy atom. The van der Waals surface area contributed by atoms with E-state index in [4.69, 9.17) is 24.7 Å². The summed E-state index contributed by atoms with van der Waals surface area (Å²) in [7, 11) is 0. The van der Waals surface area contributed by atoms with Gasteiger partial charge in [0.1, 0.15) is 36.8 Å². The zero-order chi connectivity index (χ0) is 20.9. The number of esters is 1. The van der Waals surface area contributed by atoms with E-state index in [0.29, 0.717) is 16.7 Å². The SMILES string of the molecule is CC1(C)O[C@@H]2[C@H](O1)[C@@H](COC(=O)c1ccccc1)O[C@H]2n1cnc2c(N)ncnc21. The van der Waals surface area contributed by atoms with E-state index >= 15 is 0 Å². The maximum atomic E-state index is 12.3. The molecule has 4 atom stereocenters. The van der Waals surface area contributed by atoms with E-state index < -0.39 is 36.3 Å². The molecule has 30 heavy (non-hydrogen) atoms. The molecule has 0 bridgehead atoms. The van der Waals surface area contributed by atoms with Crippen LogP contribution in [0.3, 0.4) is 0 Å². The van der Waals surface area contributed by atoms with E-state index in [0.717, 1.165) is 0 Å². The Hall–Kier alpha value is -3.08. The van der Waals surface area contributed by atoms with Gasteiger partial charge in [-0.15, -0.1) is 0 Å². The number of benzene rings is 1. The van der Waals surface area contributed by atoms with Crippen LogP contribution in [0.5, 0.6) is 0 Å². The Balaban J connectivity index is 1.40. The first-order chi connectivity index (χ1) is 14.4. The number of aromatic nitrogens is 4. The topological polar surface area (TPSA) is 124 Å². The van der Waals surface area contributed by atoms with Crippen molar-refractivity contribution >= 4 is 23.0 Å². The molecule has 0 saturated carbocycles. The average Bonchev–Trinajstić information content (AvgIpc) is 3.38. The quantitative estimate of drug-likeness (QED) is 0.639. The predicted molar refractivity (Wildman–Crippen MR) is 104 cm³/mol. The first-order valence-electron chi connectivity index (χ1n) is 9.59. The second-order valence-electron chi connectivity index (χ2n) is 7.68. The number of nitrogens with zero attached hydrogens (tertiary/aromatic N) is 4. The lowest BCUT2D eigenvalue weighted by Gasteiger charge is -2.24. The number of carbonyl (C=O) groups excluding carboxylic acids is 1. The van der Waals surface area contributed by atoms with Crippen molar-refractivity contribution in [3.63, 3.8) is 0 Å². The van der Waals surface area contributed by atoms with E-state index in [2.05, 4.69) is 15.0 Å². The van der Waals surface area contributed by atoms with Gasteiger partial charge in [-0.1, -0.05) is 18.2 Å². The van der Waals surface area contributed by atoms with Crippen LogP contribution in [0.4, 0.5) is 5.82 Å². The Morgan fingerprint density at radius 3 is 2.73 bits per heavy atom. The molecule has 156 valence electrons. The van der Waals surface area contributed by atoms with E-state index in [1.54, 1.807) is 35.2 Å². The van der Waals surface area contributed by atoms with Gasteiger partial charge in [0.25, 0.3) is 0 Å². The number of fused-ring (bicyclic) bond motifs is 2. The summed E-state index contributed by atoms with van der Waals surface area (Å²) in [6, 6.07) is 8.79. The molecular formula is C20H21N5O5. The van der Waals surface area contributed by atoms with Gasteiger partial charge in [-0.2, -0.15) is 0 Å². The fourth-order valence-corrected chi connectivity index (χ4v) is 3.89. The maximum absolute atomic E-state index is 12.3. The van der Waals surface area contributed by atoms with Crippen molar-refractivity contribution in [3.8, 4) is 0 Å². The monoisotopic (exact) mass is 411 g/mol. The Bertz CT molecular complexity index is 1090. The van der Waals surface area contributed by atoms with Crippen molar-refractivity contribution in [2.45, 2.75) is 44.2 Å². The van der Waals surface area contributed by atoms with Crippen LogP contribution < -0.4 is 5.73 Å². The number of ether oxygens (including phenoxy) is 4. The van der Waals surface area contributed by atoms with Gasteiger partial charge >= 0.3 is 5.97 Å². The van der Waals surface area contributed by atoms with Crippen LogP contribution in [0.1, 0.15) is 30.4 Å². The Morgan fingerprint density at radius 1 is 1.17 bits per heavy atom. The van der Waals surface area contributed by atoms with Gasteiger partial charge < -0.3 is 24.7 Å². The molecule has 1 aromatic carbocycles. The van der Waals surface area contributed by atoms with Crippen molar-refractivity contribution in [3.05, 3.63) is 48.5 Å². The summed E-state index contributed by atoms with van der Waals surface area (Å²) in [5, 5.41) is 0. The highest BCUT2D eigenvalue weighted by atomic mass is 16.8. The molecule has 10 nitrogen and oxygen atoms in total. The first-order valence-corrected chi connectivity index (χ1v) is 9.59. The summed E-state index contributed by atoms with van der Waals surface area (Å²) in [5.41, 5.74) is 7.38. The van der Waals surface area contributed by atoms with Crippen LogP contribution in [-0.4, -0.2) is 56.2 Å². The Labute approximate surface area is 171 Å². The molecule has 2 aliphatic heterocycles. The van der Waals surface area contributed by atoms with Gasteiger partial charge in [0.05, 0.1) is 11.9 Å². The van der Waals surface area contributed by atoms with Crippen molar-refractivity contribution in [1.82, 2.24) is 19.5 Å². The molecule has 2 N–H and O–H groups in total. The fourth-order valence-electron chi connectivity index (χ4n) is 3.89. The minimum absolute atomic E-state index is 0.0224. The molecule has 2 aromatic heterocycles. The van der Waals surface area contributed by atoms with Gasteiger partial charge in [-0.25, -0.2) is 19.7 Å². The highest BCUT2D eigenvalue weighted by Gasteiger charge is 2.56. The molecule has 2 saturated heterocycles. The van der Waals surface area contributed by atoms with Crippen LogP contribution in [-0.2, 0) is 18.9 Å². The molecular weight excluding hydrogens is 390 g/mol. The molecule has 0 amide bonds. The number of hydrogen-bond acceptors (Lipinski definition) is 9. The summed E-state index contributed by atoms with van der Waals surface area (Å²) < 4.78 is 25.6. The molecule has 4 heterocycles. The van der Waals surface area contributed by atoms with Gasteiger partial charge in [0.2, 0.25) is 0 Å². The third kappa shape index (κ3) is 3.18. The smallest absolute Gasteiger partial charge is 0.338 e. The average molecular weight is 411 g/mol. The van der Waals surface area contributed by atoms with Crippen LogP contribution >= 0.6 is 0 Å². The zero-order valence-electron chi connectivity index (χ0n) is 16.5. The van der Waals surface area contributed by atoms with Crippen molar-refractivity contribution < 1.29 is 23.7 Å². The summed E-state index contributed by atoms with van der Waals surface area (Å²) in [4.78, 5) is 24.9. The lowest BCUT2D eigenvalue weighted by molar-refractivity contribution is -0.199. The maximum Gasteiger partial charge on any atom is 0.338 e. The molecule has 10 heteroatoms. The number of imidazole rings is 1. The molecule has 3 aromatic rings. The van der Waals surface area contributed by atoms with E-state index in [-0.39, 0.29) is 12.4 Å². The number of nitrogens with two attached hydrogens (primary N) is 1. The summed E-state index contributed by atoms with van der Waals surface area (Å²) >= 11 is 0. The summed E-state index contributed by atoms with van der Waals surface area (Å²) in [5.74, 6) is -0.944. The molecule has 5 rings (SSSR count). The summed E-state index contributed by atoms with van der Waals surface area (Å²) in [6.07, 6.45) is 1.00. The van der Waals surface area contributed by atoms with Gasteiger partial charge in [-0.3, -0.25) is 4.57 Å². The molecule has 2 aliphatic rings. The molecule has 0 radical (unpaired) electrons. The van der Waals surface area contributed by atoms with Gasteiger partial charge in [0.15, 0.2) is 23.5 Å². The predicted octanol–water partition coefficient (Wildman–Crippen LogP) is 1.68. The third-order valence-corrected chi connectivity index (χ3v) is 5.17. The van der Waals surface area contributed by atoms with Crippen LogP contribution in [0.2, 0.25) is 0 Å². The van der Waals surface area contributed by atoms with Gasteiger partial charge in [-0.05, 0) is 26.0 Å². The molecule has 0 unspecified atom stereocenters. The van der Waals surface area contributed by atoms with Crippen molar-refractivity contribution in [2.24, 2.45) is 0 Å². The van der Waals surface area contributed by atoms with Crippen LogP contribution in [0.15, 0.2) is 43.0 Å². The lowest BCUT2D eigenvalue weighted by atomic mass is 10.1. The van der Waals surface area contributed by atoms with Crippen molar-refractivity contribution in [1.29, 1.82) is 0 Å². The second-order valence-corrected chi connectivity index (χ2v) is 7.68. The Kier molecular flexibility index (Phi) is 4.42. The second kappa shape index (κ2) is 7.01. The normalized spacial score (nSPS) is 27.3. The molecule has 0 aliphatic carbocycles. The van der Waals surface area contributed by atoms with Crippen LogP contribution in [0.25, 0.3) is 11.2 Å². The number of rotatable bonds is 4. The highest BCUT2D eigenvalue weighted by molar-refractivity contribution is 5.89. The van der Waals surface area contributed by atoms with E-state index in [1.807, 2.05) is 19.9 Å². The largest absolute Gasteiger partial charge is 0.459 e. The molecule has 0 spiro atoms. The number of anilines is 1. The van der Waals surface area contributed by atoms with E-state index in [9.17, 15) is 4.79 Å².